The number of fused-ring (bicyclic) bond motifs is 1. The van der Waals surface area contributed by atoms with Gasteiger partial charge in [0, 0.05) is 11.3 Å². The molecule has 116 valence electrons. The number of methoxy groups -OCH3 is 1. The summed E-state index contributed by atoms with van der Waals surface area (Å²) >= 11 is 0. The van der Waals surface area contributed by atoms with Crippen LogP contribution in [0.1, 0.15) is 16.1 Å². The second-order valence-electron chi connectivity index (χ2n) is 5.05. The van der Waals surface area contributed by atoms with Crippen LogP contribution in [0.2, 0.25) is 0 Å². The summed E-state index contributed by atoms with van der Waals surface area (Å²) in [6.45, 7) is 1.68. The van der Waals surface area contributed by atoms with Gasteiger partial charge in [-0.3, -0.25) is 0 Å². The summed E-state index contributed by atoms with van der Waals surface area (Å²) in [5, 5.41) is 14.4. The van der Waals surface area contributed by atoms with Gasteiger partial charge >= 0.3 is 5.97 Å². The van der Waals surface area contributed by atoms with Crippen LogP contribution in [-0.4, -0.2) is 28.2 Å². The number of rotatable bonds is 4. The average Bonchev–Trinajstić information content (AvgIpc) is 2.55. The molecule has 0 radical (unpaired) electrons. The van der Waals surface area contributed by atoms with Crippen LogP contribution in [0.15, 0.2) is 42.7 Å². The highest BCUT2D eigenvalue weighted by Crippen LogP contribution is 2.26. The first kappa shape index (κ1) is 14.8. The van der Waals surface area contributed by atoms with Crippen molar-refractivity contribution in [3.63, 3.8) is 0 Å². The lowest BCUT2D eigenvalue weighted by Gasteiger charge is -2.11. The van der Waals surface area contributed by atoms with Crippen LogP contribution in [-0.2, 0) is 0 Å². The van der Waals surface area contributed by atoms with Gasteiger partial charge in [0.2, 0.25) is 0 Å². The molecular formula is C17H15N3O3. The summed E-state index contributed by atoms with van der Waals surface area (Å²) in [4.78, 5) is 19.0. The number of hydrogen-bond acceptors (Lipinski definition) is 5. The minimum Gasteiger partial charge on any atom is -0.497 e. The number of hydrogen-bond donors (Lipinski definition) is 2. The third-order valence-corrected chi connectivity index (χ3v) is 3.60. The van der Waals surface area contributed by atoms with E-state index < -0.39 is 5.97 Å². The van der Waals surface area contributed by atoms with E-state index in [9.17, 15) is 4.79 Å². The van der Waals surface area contributed by atoms with Gasteiger partial charge in [0.15, 0.2) is 5.69 Å². The van der Waals surface area contributed by atoms with E-state index in [2.05, 4.69) is 15.3 Å². The van der Waals surface area contributed by atoms with Crippen molar-refractivity contribution in [2.75, 3.05) is 12.4 Å². The number of carboxylic acids is 1. The predicted octanol–water partition coefficient (Wildman–Crippen LogP) is 3.39. The molecule has 0 amide bonds. The van der Waals surface area contributed by atoms with Gasteiger partial charge in [-0.1, -0.05) is 12.1 Å². The fraction of sp³-hybridized carbons (Fsp3) is 0.118. The van der Waals surface area contributed by atoms with Crippen LogP contribution in [0.25, 0.3) is 10.8 Å². The van der Waals surface area contributed by atoms with Gasteiger partial charge in [-0.05, 0) is 42.0 Å². The van der Waals surface area contributed by atoms with Gasteiger partial charge in [0.05, 0.1) is 7.11 Å². The van der Waals surface area contributed by atoms with Crippen molar-refractivity contribution in [3.05, 3.63) is 54.0 Å². The van der Waals surface area contributed by atoms with Gasteiger partial charge < -0.3 is 15.2 Å². The van der Waals surface area contributed by atoms with Crippen molar-refractivity contribution >= 4 is 28.2 Å². The minimum absolute atomic E-state index is 0.00930. The highest BCUT2D eigenvalue weighted by molar-refractivity contribution is 5.90. The summed E-state index contributed by atoms with van der Waals surface area (Å²) in [5.41, 5.74) is 1.29. The molecule has 0 aliphatic rings. The van der Waals surface area contributed by atoms with Gasteiger partial charge in [-0.25, -0.2) is 14.8 Å². The first-order valence-corrected chi connectivity index (χ1v) is 6.98. The number of aromatic carboxylic acids is 1. The Hall–Kier alpha value is -3.15. The molecular weight excluding hydrogens is 294 g/mol. The van der Waals surface area contributed by atoms with E-state index in [1.54, 1.807) is 14.0 Å². The van der Waals surface area contributed by atoms with Crippen LogP contribution >= 0.6 is 0 Å². The summed E-state index contributed by atoms with van der Waals surface area (Å²) in [5.74, 6) is 0.178. The van der Waals surface area contributed by atoms with E-state index in [0.29, 0.717) is 11.4 Å². The number of nitrogens with one attached hydrogen (secondary N) is 1. The lowest BCUT2D eigenvalue weighted by molar-refractivity contribution is 0.0689. The fourth-order valence-electron chi connectivity index (χ4n) is 2.36. The standard InChI is InChI=1S/C17H15N3O3/c1-10-15(17(21)22)18-9-19-16(10)20-13-5-3-11-4-6-14(23-2)8-12(11)7-13/h3-9H,1-2H3,(H,21,22)(H,18,19,20). The maximum Gasteiger partial charge on any atom is 0.354 e. The van der Waals surface area contributed by atoms with E-state index in [1.165, 1.54) is 6.33 Å². The number of anilines is 2. The van der Waals surface area contributed by atoms with Gasteiger partial charge in [0.1, 0.15) is 17.9 Å². The number of ether oxygens (including phenoxy) is 1. The predicted molar refractivity (Wildman–Crippen MR) is 87.5 cm³/mol. The molecule has 23 heavy (non-hydrogen) atoms. The van der Waals surface area contributed by atoms with Crippen LogP contribution in [0.4, 0.5) is 11.5 Å². The zero-order valence-corrected chi connectivity index (χ0v) is 12.7. The largest absolute Gasteiger partial charge is 0.497 e. The Labute approximate surface area is 132 Å². The van der Waals surface area contributed by atoms with Crippen molar-refractivity contribution in [3.8, 4) is 5.75 Å². The number of benzene rings is 2. The molecule has 0 aliphatic carbocycles. The normalized spacial score (nSPS) is 10.5. The molecule has 1 aromatic heterocycles. The first-order valence-electron chi connectivity index (χ1n) is 6.98. The van der Waals surface area contributed by atoms with Crippen LogP contribution in [0, 0.1) is 6.92 Å². The zero-order valence-electron chi connectivity index (χ0n) is 12.7. The SMILES string of the molecule is COc1ccc2ccc(Nc3ncnc(C(=O)O)c3C)cc2c1. The first-order chi connectivity index (χ1) is 11.1. The Bertz CT molecular complexity index is 893. The molecule has 6 heteroatoms. The van der Waals surface area contributed by atoms with E-state index in [4.69, 9.17) is 9.84 Å². The fourth-order valence-corrected chi connectivity index (χ4v) is 2.36. The molecule has 0 atom stereocenters. The lowest BCUT2D eigenvalue weighted by atomic mass is 10.1. The second-order valence-corrected chi connectivity index (χ2v) is 5.05. The Morgan fingerprint density at radius 3 is 2.65 bits per heavy atom. The van der Waals surface area contributed by atoms with Gasteiger partial charge in [-0.2, -0.15) is 0 Å². The molecule has 2 N–H and O–H groups in total. The van der Waals surface area contributed by atoms with E-state index in [1.807, 2.05) is 36.4 Å². The van der Waals surface area contributed by atoms with Crippen molar-refractivity contribution < 1.29 is 14.6 Å². The Morgan fingerprint density at radius 2 is 1.91 bits per heavy atom. The third-order valence-electron chi connectivity index (χ3n) is 3.60. The van der Waals surface area contributed by atoms with Gasteiger partial charge in [-0.15, -0.1) is 0 Å². The summed E-state index contributed by atoms with van der Waals surface area (Å²) in [7, 11) is 1.63. The average molecular weight is 309 g/mol. The topological polar surface area (TPSA) is 84.3 Å². The molecule has 0 saturated carbocycles. The van der Waals surface area contributed by atoms with Crippen molar-refractivity contribution in [1.29, 1.82) is 0 Å². The summed E-state index contributed by atoms with van der Waals surface area (Å²) in [6.07, 6.45) is 1.24. The van der Waals surface area contributed by atoms with Crippen molar-refractivity contribution in [1.82, 2.24) is 9.97 Å². The van der Waals surface area contributed by atoms with Crippen LogP contribution in [0.5, 0.6) is 5.75 Å². The molecule has 0 spiro atoms. The summed E-state index contributed by atoms with van der Waals surface area (Å²) in [6, 6.07) is 11.7. The van der Waals surface area contributed by atoms with Crippen LogP contribution in [0.3, 0.4) is 0 Å². The molecule has 1 heterocycles. The Kier molecular flexibility index (Phi) is 3.80. The maximum atomic E-state index is 11.1. The Balaban J connectivity index is 1.98. The molecule has 0 fully saturated rings. The molecule has 0 aliphatic heterocycles. The Morgan fingerprint density at radius 1 is 1.13 bits per heavy atom. The van der Waals surface area contributed by atoms with Crippen molar-refractivity contribution in [2.24, 2.45) is 0 Å². The quantitative estimate of drug-likeness (QED) is 0.768. The van der Waals surface area contributed by atoms with E-state index in [0.717, 1.165) is 22.2 Å². The number of carboxylic acid groups (broad SMARTS) is 1. The highest BCUT2D eigenvalue weighted by Gasteiger charge is 2.13. The molecule has 0 saturated heterocycles. The zero-order chi connectivity index (χ0) is 16.4. The molecule has 6 nitrogen and oxygen atoms in total. The van der Waals surface area contributed by atoms with Crippen molar-refractivity contribution in [2.45, 2.75) is 6.92 Å². The third kappa shape index (κ3) is 2.91. The number of aromatic nitrogens is 2. The second kappa shape index (κ2) is 5.92. The maximum absolute atomic E-state index is 11.1. The molecule has 3 rings (SSSR count). The monoisotopic (exact) mass is 309 g/mol. The van der Waals surface area contributed by atoms with E-state index >= 15 is 0 Å². The van der Waals surface area contributed by atoms with E-state index in [-0.39, 0.29) is 5.69 Å². The minimum atomic E-state index is -1.07. The lowest BCUT2D eigenvalue weighted by Crippen LogP contribution is -2.07. The summed E-state index contributed by atoms with van der Waals surface area (Å²) < 4.78 is 5.24. The van der Waals surface area contributed by atoms with Gasteiger partial charge in [0.25, 0.3) is 0 Å². The number of carbonyl (C=O) groups is 1. The number of nitrogens with zero attached hydrogens (tertiary/aromatic N) is 2. The van der Waals surface area contributed by atoms with Crippen LogP contribution < -0.4 is 10.1 Å². The molecule has 3 aromatic rings. The molecule has 0 unspecified atom stereocenters. The molecule has 2 aromatic carbocycles. The molecule has 0 bridgehead atoms. The highest BCUT2D eigenvalue weighted by atomic mass is 16.5. The smallest absolute Gasteiger partial charge is 0.354 e.